The second kappa shape index (κ2) is 4.57. The van der Waals surface area contributed by atoms with Gasteiger partial charge in [0, 0.05) is 12.0 Å². The molecule has 20 heavy (non-hydrogen) atoms. The van der Waals surface area contributed by atoms with Gasteiger partial charge in [-0.05, 0) is 63.3 Å². The lowest BCUT2D eigenvalue weighted by Crippen LogP contribution is -2.49. The van der Waals surface area contributed by atoms with Crippen molar-refractivity contribution in [2.45, 2.75) is 50.0 Å². The van der Waals surface area contributed by atoms with Crippen LogP contribution in [-0.4, -0.2) is 28.7 Å². The van der Waals surface area contributed by atoms with Gasteiger partial charge >= 0.3 is 0 Å². The van der Waals surface area contributed by atoms with Gasteiger partial charge in [0.25, 0.3) is 0 Å². The van der Waals surface area contributed by atoms with Crippen LogP contribution in [0.5, 0.6) is 0 Å². The third-order valence-corrected chi connectivity index (χ3v) is 5.89. The van der Waals surface area contributed by atoms with Gasteiger partial charge in [-0.2, -0.15) is 0 Å². The fourth-order valence-electron chi connectivity index (χ4n) is 5.48. The molecule has 1 unspecified atom stereocenters. The molecule has 4 heteroatoms. The normalized spacial score (nSPS) is 40.2. The number of nitrogens with one attached hydrogen (secondary N) is 2. The van der Waals surface area contributed by atoms with Gasteiger partial charge in [0.1, 0.15) is 11.9 Å². The number of H-pyrrole nitrogens is 1. The summed E-state index contributed by atoms with van der Waals surface area (Å²) in [7, 11) is 1.86. The first-order chi connectivity index (χ1) is 9.68. The van der Waals surface area contributed by atoms with Crippen LogP contribution >= 0.6 is 0 Å². The van der Waals surface area contributed by atoms with Gasteiger partial charge in [0.05, 0.1) is 11.9 Å². The quantitative estimate of drug-likeness (QED) is 0.789. The summed E-state index contributed by atoms with van der Waals surface area (Å²) < 4.78 is 0. The van der Waals surface area contributed by atoms with E-state index in [2.05, 4.69) is 15.3 Å². The molecule has 0 amide bonds. The zero-order chi connectivity index (χ0) is 13.7. The molecule has 4 bridgehead atoms. The summed E-state index contributed by atoms with van der Waals surface area (Å²) in [6.07, 6.45) is 9.67. The summed E-state index contributed by atoms with van der Waals surface area (Å²) in [6.45, 7) is 0.572. The van der Waals surface area contributed by atoms with Crippen molar-refractivity contribution in [1.82, 2.24) is 15.3 Å². The van der Waals surface area contributed by atoms with Crippen molar-refractivity contribution < 1.29 is 5.11 Å². The number of imidazole rings is 1. The summed E-state index contributed by atoms with van der Waals surface area (Å²) >= 11 is 0. The van der Waals surface area contributed by atoms with Crippen LogP contribution in [0.4, 0.5) is 0 Å². The maximum absolute atomic E-state index is 10.1. The predicted octanol–water partition coefficient (Wildman–Crippen LogP) is 2.13. The summed E-state index contributed by atoms with van der Waals surface area (Å²) in [5.74, 6) is 3.94. The fraction of sp³-hybridized carbons (Fsp3) is 0.812. The topological polar surface area (TPSA) is 60.9 Å². The first kappa shape index (κ1) is 12.8. The molecule has 0 aromatic carbocycles. The number of aliphatic hydroxyl groups excluding tert-OH is 1. The number of aliphatic hydroxyl groups is 1. The van der Waals surface area contributed by atoms with Gasteiger partial charge in [0.15, 0.2) is 0 Å². The zero-order valence-corrected chi connectivity index (χ0v) is 12.2. The van der Waals surface area contributed by atoms with Crippen molar-refractivity contribution in [3.63, 3.8) is 0 Å². The van der Waals surface area contributed by atoms with E-state index in [1.807, 2.05) is 13.2 Å². The minimum atomic E-state index is -0.477. The largest absolute Gasteiger partial charge is 0.385 e. The molecule has 4 fully saturated rings. The minimum absolute atomic E-state index is 0.298. The van der Waals surface area contributed by atoms with Gasteiger partial charge in [-0.15, -0.1) is 0 Å². The highest BCUT2D eigenvalue weighted by molar-refractivity contribution is 5.20. The van der Waals surface area contributed by atoms with E-state index in [4.69, 9.17) is 0 Å². The Morgan fingerprint density at radius 1 is 1.30 bits per heavy atom. The molecule has 1 aromatic rings. The first-order valence-corrected chi connectivity index (χ1v) is 8.06. The van der Waals surface area contributed by atoms with Gasteiger partial charge < -0.3 is 15.4 Å². The van der Waals surface area contributed by atoms with Gasteiger partial charge in [-0.3, -0.25) is 0 Å². The van der Waals surface area contributed by atoms with E-state index in [0.29, 0.717) is 12.0 Å². The SMILES string of the molecule is CNCC(O)c1cnc(C23CC4CC(CC(C4)C2)C3)[nH]1. The van der Waals surface area contributed by atoms with E-state index in [9.17, 15) is 5.11 Å². The van der Waals surface area contributed by atoms with Crippen molar-refractivity contribution >= 4 is 0 Å². The zero-order valence-electron chi connectivity index (χ0n) is 12.2. The van der Waals surface area contributed by atoms with Gasteiger partial charge in [0.2, 0.25) is 0 Å². The molecule has 1 heterocycles. The Balaban J connectivity index is 1.61. The van der Waals surface area contributed by atoms with E-state index in [-0.39, 0.29) is 0 Å². The van der Waals surface area contributed by atoms with Crippen LogP contribution in [-0.2, 0) is 5.41 Å². The number of likely N-dealkylation sites (N-methyl/N-ethyl adjacent to an activating group) is 1. The third-order valence-electron chi connectivity index (χ3n) is 5.89. The molecule has 4 aliphatic rings. The molecule has 5 rings (SSSR count). The molecule has 1 atom stereocenters. The lowest BCUT2D eigenvalue weighted by atomic mass is 9.49. The maximum Gasteiger partial charge on any atom is 0.112 e. The van der Waals surface area contributed by atoms with Crippen molar-refractivity contribution in [2.24, 2.45) is 17.8 Å². The van der Waals surface area contributed by atoms with E-state index in [0.717, 1.165) is 29.3 Å². The number of rotatable bonds is 4. The van der Waals surface area contributed by atoms with E-state index in [1.54, 1.807) is 0 Å². The Labute approximate surface area is 120 Å². The highest BCUT2D eigenvalue weighted by Crippen LogP contribution is 2.60. The maximum atomic E-state index is 10.1. The molecule has 4 saturated carbocycles. The molecule has 110 valence electrons. The second-order valence-corrected chi connectivity index (χ2v) is 7.46. The van der Waals surface area contributed by atoms with Gasteiger partial charge in [-0.1, -0.05) is 0 Å². The van der Waals surface area contributed by atoms with Crippen LogP contribution in [0.1, 0.15) is 56.1 Å². The average Bonchev–Trinajstić information content (AvgIpc) is 2.87. The molecule has 0 spiro atoms. The van der Waals surface area contributed by atoms with Crippen LogP contribution in [0.25, 0.3) is 0 Å². The molecular formula is C16H25N3O. The summed E-state index contributed by atoms with van der Waals surface area (Å²) in [4.78, 5) is 8.12. The Hall–Kier alpha value is -0.870. The van der Waals surface area contributed by atoms with Crippen LogP contribution in [0.2, 0.25) is 0 Å². The Kier molecular flexibility index (Phi) is 2.93. The highest BCUT2D eigenvalue weighted by Gasteiger charge is 2.53. The van der Waals surface area contributed by atoms with Crippen molar-refractivity contribution in [3.8, 4) is 0 Å². The number of aromatic nitrogens is 2. The lowest BCUT2D eigenvalue weighted by molar-refractivity contribution is -0.00915. The molecular weight excluding hydrogens is 250 g/mol. The first-order valence-electron chi connectivity index (χ1n) is 8.06. The Morgan fingerprint density at radius 2 is 1.90 bits per heavy atom. The van der Waals surface area contributed by atoms with E-state index < -0.39 is 6.10 Å². The molecule has 4 nitrogen and oxygen atoms in total. The highest BCUT2D eigenvalue weighted by atomic mass is 16.3. The predicted molar refractivity (Wildman–Crippen MR) is 77.3 cm³/mol. The molecule has 0 saturated heterocycles. The van der Waals surface area contributed by atoms with Crippen LogP contribution in [0.3, 0.4) is 0 Å². The Morgan fingerprint density at radius 3 is 2.45 bits per heavy atom. The number of aromatic amines is 1. The van der Waals surface area contributed by atoms with Crippen molar-refractivity contribution in [3.05, 3.63) is 17.7 Å². The number of nitrogens with zero attached hydrogens (tertiary/aromatic N) is 1. The molecule has 1 aromatic heterocycles. The monoisotopic (exact) mass is 275 g/mol. The minimum Gasteiger partial charge on any atom is -0.385 e. The third kappa shape index (κ3) is 1.92. The summed E-state index contributed by atoms with van der Waals surface area (Å²) in [5, 5.41) is 13.1. The Bertz CT molecular complexity index is 460. The standard InChI is InChI=1S/C16H25N3O/c1-17-9-14(20)13-8-18-15(19-13)16-5-10-2-11(6-16)4-12(3-10)7-16/h8,10-12,14,17,20H,2-7,9H2,1H3,(H,18,19). The van der Waals surface area contributed by atoms with Crippen LogP contribution < -0.4 is 5.32 Å². The molecule has 0 radical (unpaired) electrons. The molecule has 3 N–H and O–H groups in total. The lowest BCUT2D eigenvalue weighted by Gasteiger charge is -2.56. The van der Waals surface area contributed by atoms with Crippen molar-refractivity contribution in [1.29, 1.82) is 0 Å². The van der Waals surface area contributed by atoms with Crippen LogP contribution in [0.15, 0.2) is 6.20 Å². The average molecular weight is 275 g/mol. The number of hydrogen-bond donors (Lipinski definition) is 3. The van der Waals surface area contributed by atoms with Crippen molar-refractivity contribution in [2.75, 3.05) is 13.6 Å². The van der Waals surface area contributed by atoms with E-state index in [1.165, 1.54) is 38.5 Å². The molecule has 0 aliphatic heterocycles. The fourth-order valence-corrected chi connectivity index (χ4v) is 5.48. The van der Waals surface area contributed by atoms with E-state index >= 15 is 0 Å². The number of hydrogen-bond acceptors (Lipinski definition) is 3. The second-order valence-electron chi connectivity index (χ2n) is 7.46. The van der Waals surface area contributed by atoms with Gasteiger partial charge in [-0.25, -0.2) is 4.98 Å². The summed E-state index contributed by atoms with van der Waals surface area (Å²) in [5.41, 5.74) is 1.16. The molecule has 4 aliphatic carbocycles. The van der Waals surface area contributed by atoms with Crippen LogP contribution in [0, 0.1) is 17.8 Å². The smallest absolute Gasteiger partial charge is 0.112 e. The summed E-state index contributed by atoms with van der Waals surface area (Å²) in [6, 6.07) is 0.